The molecule has 7 rings (SSSR count). The molecule has 7 aliphatic rings. The second-order valence-electron chi connectivity index (χ2n) is 12.7. The third-order valence-corrected chi connectivity index (χ3v) is 11.2. The lowest BCUT2D eigenvalue weighted by molar-refractivity contribution is -0.233. The fraction of sp³-hybridized carbons (Fsp3) is 0.759. The molecule has 10 nitrogen and oxygen atoms in total. The molecule has 4 bridgehead atoms. The summed E-state index contributed by atoms with van der Waals surface area (Å²) in [6.45, 7) is 6.20. The van der Waals surface area contributed by atoms with Crippen molar-refractivity contribution in [1.82, 2.24) is 0 Å². The van der Waals surface area contributed by atoms with Crippen molar-refractivity contribution in [3.63, 3.8) is 0 Å². The van der Waals surface area contributed by atoms with Gasteiger partial charge in [-0.05, 0) is 39.5 Å². The number of esters is 2. The number of ketones is 1. The first-order valence-corrected chi connectivity index (χ1v) is 14.1. The molecule has 0 aromatic rings. The third-order valence-electron chi connectivity index (χ3n) is 11.2. The highest BCUT2D eigenvalue weighted by atomic mass is 16.7. The van der Waals surface area contributed by atoms with Gasteiger partial charge in [-0.1, -0.05) is 24.6 Å². The van der Waals surface area contributed by atoms with Gasteiger partial charge in [0, 0.05) is 24.3 Å². The summed E-state index contributed by atoms with van der Waals surface area (Å²) in [5.41, 5.74) is -3.54. The van der Waals surface area contributed by atoms with E-state index in [2.05, 4.69) is 19.9 Å². The predicted molar refractivity (Wildman–Crippen MR) is 132 cm³/mol. The Kier molecular flexibility index (Phi) is 5.45. The molecule has 0 radical (unpaired) electrons. The SMILES string of the molecule is CC(=O)[C@@]12CC/C=C\C(=O)O[C@@H]3C[C@H]4O[C@@H]5C=C(C)CC[C@]5(COC(=O)[C@H]5O[C@]5(CCO1)[C@@H]2O)[C@]3(C)[C@]41CO1. The number of fused-ring (bicyclic) bond motifs is 1. The number of hydrogen-bond acceptors (Lipinski definition) is 10. The van der Waals surface area contributed by atoms with E-state index >= 15 is 0 Å². The largest absolute Gasteiger partial charge is 0.463 e. The molecule has 10 heteroatoms. The van der Waals surface area contributed by atoms with E-state index in [4.69, 9.17) is 28.4 Å². The summed E-state index contributed by atoms with van der Waals surface area (Å²) >= 11 is 0. The molecule has 4 saturated heterocycles. The number of carbonyl (C=O) groups is 3. The molecule has 0 unspecified atom stereocenters. The molecule has 2 aliphatic carbocycles. The molecule has 3 spiro atoms. The lowest BCUT2D eigenvalue weighted by Crippen LogP contribution is -2.67. The lowest BCUT2D eigenvalue weighted by atomic mass is 9.51. The average Bonchev–Trinajstić information content (AvgIpc) is 3.81. The highest BCUT2D eigenvalue weighted by molar-refractivity contribution is 5.88. The van der Waals surface area contributed by atoms with E-state index in [1.165, 1.54) is 18.6 Å². The van der Waals surface area contributed by atoms with Crippen molar-refractivity contribution >= 4 is 17.7 Å². The van der Waals surface area contributed by atoms with E-state index < -0.39 is 57.9 Å². The molecular formula is C29H36O10. The number of hydrogen-bond donors (Lipinski definition) is 1. The van der Waals surface area contributed by atoms with Crippen molar-refractivity contribution in [3.05, 3.63) is 23.8 Å². The third kappa shape index (κ3) is 3.18. The molecule has 1 saturated carbocycles. The maximum Gasteiger partial charge on any atom is 0.338 e. The summed E-state index contributed by atoms with van der Waals surface area (Å²) < 4.78 is 36.7. The second-order valence-corrected chi connectivity index (χ2v) is 12.7. The quantitative estimate of drug-likeness (QED) is 0.295. The van der Waals surface area contributed by atoms with Crippen molar-refractivity contribution in [3.8, 4) is 0 Å². The number of carbonyl (C=O) groups excluding carboxylic acids is 3. The minimum absolute atomic E-state index is 0.0267. The van der Waals surface area contributed by atoms with Crippen LogP contribution in [-0.2, 0) is 42.8 Å². The summed E-state index contributed by atoms with van der Waals surface area (Å²) in [7, 11) is 0. The average molecular weight is 545 g/mol. The number of allylic oxidation sites excluding steroid dienone is 2. The van der Waals surface area contributed by atoms with Crippen LogP contribution >= 0.6 is 0 Å². The topological polar surface area (TPSA) is 133 Å². The van der Waals surface area contributed by atoms with E-state index in [0.717, 1.165) is 6.42 Å². The van der Waals surface area contributed by atoms with Gasteiger partial charge in [-0.3, -0.25) is 4.79 Å². The van der Waals surface area contributed by atoms with Crippen molar-refractivity contribution in [1.29, 1.82) is 0 Å². The van der Waals surface area contributed by atoms with Crippen LogP contribution in [0.25, 0.3) is 0 Å². The van der Waals surface area contributed by atoms with Crippen molar-refractivity contribution < 1.29 is 47.9 Å². The molecule has 212 valence electrons. The van der Waals surface area contributed by atoms with E-state index in [1.54, 1.807) is 6.08 Å². The highest BCUT2D eigenvalue weighted by Gasteiger charge is 2.83. The summed E-state index contributed by atoms with van der Waals surface area (Å²) in [6, 6.07) is 0. The Morgan fingerprint density at radius 1 is 1.10 bits per heavy atom. The lowest BCUT2D eigenvalue weighted by Gasteiger charge is -2.58. The van der Waals surface area contributed by atoms with Gasteiger partial charge in [0.2, 0.25) is 0 Å². The van der Waals surface area contributed by atoms with Crippen LogP contribution in [0.3, 0.4) is 0 Å². The van der Waals surface area contributed by atoms with Crippen LogP contribution in [-0.4, -0.2) is 90.0 Å². The van der Waals surface area contributed by atoms with E-state index in [9.17, 15) is 19.5 Å². The molecular weight excluding hydrogens is 508 g/mol. The number of cyclic esters (lactones) is 1. The van der Waals surface area contributed by atoms with Crippen LogP contribution in [0.5, 0.6) is 0 Å². The maximum absolute atomic E-state index is 13.5. The fourth-order valence-corrected chi connectivity index (χ4v) is 8.58. The first-order valence-electron chi connectivity index (χ1n) is 14.1. The number of rotatable bonds is 1. The first kappa shape index (κ1) is 25.8. The number of ether oxygens (including phenoxy) is 6. The van der Waals surface area contributed by atoms with Gasteiger partial charge in [-0.25, -0.2) is 9.59 Å². The molecule has 10 atom stereocenters. The highest BCUT2D eigenvalue weighted by Crippen LogP contribution is 2.72. The number of epoxide rings is 2. The van der Waals surface area contributed by atoms with Crippen LogP contribution in [0.2, 0.25) is 0 Å². The Morgan fingerprint density at radius 3 is 2.64 bits per heavy atom. The summed E-state index contributed by atoms with van der Waals surface area (Å²) in [4.78, 5) is 39.4. The Morgan fingerprint density at radius 2 is 1.90 bits per heavy atom. The van der Waals surface area contributed by atoms with E-state index in [1.807, 2.05) is 0 Å². The Bertz CT molecular complexity index is 1190. The van der Waals surface area contributed by atoms with Crippen molar-refractivity contribution in [2.24, 2.45) is 10.8 Å². The number of aliphatic hydroxyl groups excluding tert-OH is 1. The molecule has 5 aliphatic heterocycles. The normalized spacial score (nSPS) is 53.0. The zero-order chi connectivity index (χ0) is 27.4. The standard InChI is InChI=1S/C29H36O10/c1-16-7-9-26-14-34-23(32)22-28(39-22)10-11-35-27(17(2)30,24(28)33)8-5-4-6-21(31)38-18-13-20(37-19(26)12-16)29(15-36-29)25(18,26)3/h4,6,12,18-20,22,24,33H,5,7-11,13-15H2,1-3H3/b6-4-/t18-,19-,20-,22-,24-,25-,26-,27-,28+,29+/m1/s1. The molecule has 1 N–H and O–H groups in total. The summed E-state index contributed by atoms with van der Waals surface area (Å²) in [5.74, 6) is -1.43. The van der Waals surface area contributed by atoms with Crippen LogP contribution in [0.1, 0.15) is 59.3 Å². The van der Waals surface area contributed by atoms with Gasteiger partial charge in [0.25, 0.3) is 0 Å². The zero-order valence-corrected chi connectivity index (χ0v) is 22.6. The van der Waals surface area contributed by atoms with Crippen LogP contribution in [0, 0.1) is 10.8 Å². The predicted octanol–water partition coefficient (Wildman–Crippen LogP) is 1.71. The van der Waals surface area contributed by atoms with Crippen LogP contribution < -0.4 is 0 Å². The molecule has 0 amide bonds. The summed E-state index contributed by atoms with van der Waals surface area (Å²) in [6.07, 6.45) is 4.34. The number of aliphatic hydroxyl groups is 1. The Labute approximate surface area is 226 Å². The van der Waals surface area contributed by atoms with E-state index in [-0.39, 0.29) is 50.5 Å². The van der Waals surface area contributed by atoms with Gasteiger partial charge in [0.1, 0.15) is 30.0 Å². The van der Waals surface area contributed by atoms with Gasteiger partial charge >= 0.3 is 11.9 Å². The van der Waals surface area contributed by atoms with Gasteiger partial charge in [-0.2, -0.15) is 0 Å². The minimum Gasteiger partial charge on any atom is -0.463 e. The molecule has 0 aromatic heterocycles. The van der Waals surface area contributed by atoms with Crippen molar-refractivity contribution in [2.75, 3.05) is 19.8 Å². The Balaban J connectivity index is 1.29. The monoisotopic (exact) mass is 544 g/mol. The molecule has 5 heterocycles. The van der Waals surface area contributed by atoms with Gasteiger partial charge in [0.05, 0.1) is 30.8 Å². The number of Topliss-reactive ketones (excluding diaryl/α,β-unsaturated/α-hetero) is 1. The molecule has 39 heavy (non-hydrogen) atoms. The second kappa shape index (κ2) is 8.22. The van der Waals surface area contributed by atoms with Gasteiger partial charge in [-0.15, -0.1) is 0 Å². The zero-order valence-electron chi connectivity index (χ0n) is 22.6. The van der Waals surface area contributed by atoms with Crippen LogP contribution in [0.15, 0.2) is 23.8 Å². The summed E-state index contributed by atoms with van der Waals surface area (Å²) in [5, 5.41) is 11.4. The minimum atomic E-state index is -1.54. The molecule has 0 aromatic carbocycles. The fourth-order valence-electron chi connectivity index (χ4n) is 8.58. The van der Waals surface area contributed by atoms with Crippen molar-refractivity contribution in [2.45, 2.75) is 107 Å². The van der Waals surface area contributed by atoms with E-state index in [0.29, 0.717) is 19.4 Å². The Hall–Kier alpha value is -2.11. The van der Waals surface area contributed by atoms with Crippen LogP contribution in [0.4, 0.5) is 0 Å². The first-order chi connectivity index (χ1) is 18.5. The van der Waals surface area contributed by atoms with Gasteiger partial charge < -0.3 is 33.5 Å². The maximum atomic E-state index is 13.5. The van der Waals surface area contributed by atoms with Gasteiger partial charge in [0.15, 0.2) is 17.5 Å². The molecule has 5 fully saturated rings. The smallest absolute Gasteiger partial charge is 0.338 e.